The molecule has 0 aromatic heterocycles. The summed E-state index contributed by atoms with van der Waals surface area (Å²) in [5.74, 6) is 0. The Morgan fingerprint density at radius 1 is 1.00 bits per heavy atom. The van der Waals surface area contributed by atoms with E-state index in [1.807, 2.05) is 0 Å². The van der Waals surface area contributed by atoms with Crippen molar-refractivity contribution in [3.8, 4) is 0 Å². The van der Waals surface area contributed by atoms with Gasteiger partial charge in [0.25, 0.3) is 0 Å². The molecule has 31 valence electrons. The first-order valence-corrected chi connectivity index (χ1v) is 0. The maximum atomic E-state index is 0. The molecule has 0 fully saturated rings. The molecule has 0 aromatic carbocycles. The molecule has 0 aromatic rings. The van der Waals surface area contributed by atoms with Gasteiger partial charge in [0.1, 0.15) is 0 Å². The van der Waals surface area contributed by atoms with Gasteiger partial charge >= 0.3 is 48.9 Å². The first-order valence-electron chi connectivity index (χ1n) is 0. The van der Waals surface area contributed by atoms with Crippen molar-refractivity contribution >= 4 is 85.6 Å². The molecule has 0 saturated heterocycles. The molecule has 0 aliphatic carbocycles. The van der Waals surface area contributed by atoms with Crippen LogP contribution in [0.3, 0.4) is 0 Å². The van der Waals surface area contributed by atoms with Crippen molar-refractivity contribution in [2.75, 3.05) is 0 Å². The van der Waals surface area contributed by atoms with E-state index in [1.54, 1.807) is 0 Å². The summed E-state index contributed by atoms with van der Waals surface area (Å²) in [6, 6.07) is 0. The molecule has 1 radical (unpaired) electrons. The van der Waals surface area contributed by atoms with Crippen LogP contribution >= 0.6 is 0 Å². The molecule has 0 aliphatic heterocycles. The van der Waals surface area contributed by atoms with Crippen LogP contribution in [-0.4, -0.2) is 85.6 Å². The van der Waals surface area contributed by atoms with Gasteiger partial charge in [-0.25, -0.2) is 0 Å². The Morgan fingerprint density at radius 2 is 1.00 bits per heavy atom. The molecule has 0 spiro atoms. The molecular formula is H12AlBBaSiVZn. The van der Waals surface area contributed by atoms with E-state index in [9.17, 15) is 0 Å². The summed E-state index contributed by atoms with van der Waals surface area (Å²) in [7, 11) is 0. The first-order chi connectivity index (χ1) is 0. The van der Waals surface area contributed by atoms with Crippen molar-refractivity contribution in [2.45, 2.75) is 0 Å². The average Bonchev–Trinajstić information content (AvgIpc) is 0. The van der Waals surface area contributed by atoms with E-state index in [0.717, 1.165) is 0 Å². The van der Waals surface area contributed by atoms with Crippen LogP contribution in [0.4, 0.5) is 0 Å². The maximum absolute atomic E-state index is 0. The third-order valence-electron chi connectivity index (χ3n) is 0. The van der Waals surface area contributed by atoms with Crippen molar-refractivity contribution in [3.63, 3.8) is 0 Å². The molecule has 0 heterocycles. The quantitative estimate of drug-likeness (QED) is 0.391. The Morgan fingerprint density at radius 3 is 1.00 bits per heavy atom. The molecule has 0 unspecified atom stereocenters. The summed E-state index contributed by atoms with van der Waals surface area (Å²) in [5.41, 5.74) is 0. The van der Waals surface area contributed by atoms with E-state index in [2.05, 4.69) is 0 Å². The number of rotatable bonds is 0. The van der Waals surface area contributed by atoms with E-state index in [-0.39, 0.29) is 124 Å². The fourth-order valence-corrected chi connectivity index (χ4v) is 0. The van der Waals surface area contributed by atoms with Gasteiger partial charge in [-0.2, -0.15) is 0 Å². The standard InChI is InChI=1S/Al.BH3.Ba.H4Si.V.Zn.5H/h;1H3;;1H4;;;;;;;. The smallest absolute Gasteiger partial charge is 0 e. The van der Waals surface area contributed by atoms with Crippen molar-refractivity contribution in [3.05, 3.63) is 0 Å². The molecule has 0 rings (SSSR count). The predicted molar refractivity (Wildman–Crippen MR) is 39.8 cm³/mol. The van der Waals surface area contributed by atoms with E-state index >= 15 is 0 Å². The molecule has 0 nitrogen and oxygen atoms in total. The monoisotopic (exact) mass is 331 g/mol. The molecule has 0 saturated carbocycles. The molecule has 0 bridgehead atoms. The number of hydrogen-bond acceptors (Lipinski definition) is 0. The second-order valence-corrected chi connectivity index (χ2v) is 0. The van der Waals surface area contributed by atoms with E-state index in [0.29, 0.717) is 0 Å². The van der Waals surface area contributed by atoms with Crippen LogP contribution in [0.5, 0.6) is 0 Å². The maximum Gasteiger partial charge on any atom is 0 e. The SMILES string of the molecule is B.[AlH3].[BaH2].[SiH4].[V].[Zn]. The van der Waals surface area contributed by atoms with E-state index < -0.39 is 0 Å². The molecule has 0 amide bonds. The third-order valence-corrected chi connectivity index (χ3v) is 0. The van der Waals surface area contributed by atoms with Crippen molar-refractivity contribution in [1.82, 2.24) is 0 Å². The van der Waals surface area contributed by atoms with Gasteiger partial charge in [-0.1, -0.05) is 0 Å². The van der Waals surface area contributed by atoms with Gasteiger partial charge in [0.05, 0.1) is 8.41 Å². The summed E-state index contributed by atoms with van der Waals surface area (Å²) in [6.07, 6.45) is 0. The van der Waals surface area contributed by atoms with Gasteiger partial charge in [-0.15, -0.1) is 0 Å². The Labute approximate surface area is 121 Å². The van der Waals surface area contributed by atoms with Crippen LogP contribution in [-0.2, 0) is 38.0 Å². The minimum Gasteiger partial charge on any atom is -0.0149 e. The zero-order chi connectivity index (χ0) is 0. The van der Waals surface area contributed by atoms with Crippen LogP contribution in [0, 0.1) is 0 Å². The fraction of sp³-hybridized carbons (Fsp3) is 0. The topological polar surface area (TPSA) is 0 Å². The Balaban J connectivity index is 0. The fourth-order valence-electron chi connectivity index (χ4n) is 0. The van der Waals surface area contributed by atoms with Crippen molar-refractivity contribution in [2.24, 2.45) is 0 Å². The summed E-state index contributed by atoms with van der Waals surface area (Å²) >= 11 is 0. The summed E-state index contributed by atoms with van der Waals surface area (Å²) in [6.45, 7) is 0. The predicted octanol–water partition coefficient (Wildman–Crippen LogP) is -4.74. The minimum absolute atomic E-state index is 0. The Kier molecular flexibility index (Phi) is 351. The van der Waals surface area contributed by atoms with Gasteiger partial charge < -0.3 is 0 Å². The first kappa shape index (κ1) is 54.9. The molecule has 0 aliphatic rings. The van der Waals surface area contributed by atoms with Crippen LogP contribution in [0.15, 0.2) is 0 Å². The van der Waals surface area contributed by atoms with Crippen molar-refractivity contribution < 1.29 is 38.0 Å². The molecule has 6 heavy (non-hydrogen) atoms. The minimum atomic E-state index is 0. The van der Waals surface area contributed by atoms with E-state index in [4.69, 9.17) is 0 Å². The van der Waals surface area contributed by atoms with Crippen LogP contribution < -0.4 is 0 Å². The Bertz CT molecular complexity index is 15.5. The third kappa shape index (κ3) is 25.6. The number of hydrogen-bond donors (Lipinski definition) is 0. The van der Waals surface area contributed by atoms with Gasteiger partial charge in [0.15, 0.2) is 17.4 Å². The molecule has 0 N–H and O–H groups in total. The summed E-state index contributed by atoms with van der Waals surface area (Å²) < 4.78 is 0. The second kappa shape index (κ2) is 38.4. The normalized spacial score (nSPS) is 0. The molecule has 6 heteroatoms. The van der Waals surface area contributed by atoms with Crippen LogP contribution in [0.1, 0.15) is 0 Å². The molecular weight excluding hydrogens is 320 g/mol. The van der Waals surface area contributed by atoms with Gasteiger partial charge in [0, 0.05) is 38.0 Å². The second-order valence-electron chi connectivity index (χ2n) is 0. The van der Waals surface area contributed by atoms with Crippen LogP contribution in [0.25, 0.3) is 0 Å². The summed E-state index contributed by atoms with van der Waals surface area (Å²) in [5, 5.41) is 0. The van der Waals surface area contributed by atoms with Crippen molar-refractivity contribution in [1.29, 1.82) is 0 Å². The van der Waals surface area contributed by atoms with Gasteiger partial charge in [-0.3, -0.25) is 0 Å². The average molecular weight is 332 g/mol. The van der Waals surface area contributed by atoms with Crippen LogP contribution in [0.2, 0.25) is 0 Å². The van der Waals surface area contributed by atoms with E-state index in [1.165, 1.54) is 0 Å². The van der Waals surface area contributed by atoms with Gasteiger partial charge in [-0.05, 0) is 11.0 Å². The zero-order valence-electron chi connectivity index (χ0n) is 1.15. The van der Waals surface area contributed by atoms with Gasteiger partial charge in [0.2, 0.25) is 0 Å². The Hall–Kier alpha value is 3.59. The molecule has 0 atom stereocenters. The zero-order valence-corrected chi connectivity index (χ0v) is 5.52. The largest absolute Gasteiger partial charge is 0.0149 e. The summed E-state index contributed by atoms with van der Waals surface area (Å²) in [4.78, 5) is 0.